The van der Waals surface area contributed by atoms with Crippen molar-refractivity contribution in [1.82, 2.24) is 9.88 Å². The van der Waals surface area contributed by atoms with E-state index >= 15 is 0 Å². The fraction of sp³-hybridized carbons (Fsp3) is 0.600. The van der Waals surface area contributed by atoms with E-state index in [9.17, 15) is 4.79 Å². The number of nitrogen functional groups attached to an aromatic ring is 1. The third-order valence-electron chi connectivity index (χ3n) is 7.01. The van der Waals surface area contributed by atoms with Crippen molar-refractivity contribution < 1.29 is 9.36 Å². The number of benzene rings is 1. The molecular weight excluding hydrogens is 312 g/mol. The predicted molar refractivity (Wildman–Crippen MR) is 96.5 cm³/mol. The number of aromatic nitrogens is 2. The Morgan fingerprint density at radius 2 is 1.80 bits per heavy atom. The van der Waals surface area contributed by atoms with Gasteiger partial charge in [0, 0.05) is 6.04 Å². The van der Waals surface area contributed by atoms with Gasteiger partial charge < -0.3 is 5.32 Å². The molecule has 4 aliphatic carbocycles. The third kappa shape index (κ3) is 2.35. The molecule has 4 saturated carbocycles. The molecule has 0 saturated heterocycles. The number of imidazole rings is 1. The predicted octanol–water partition coefficient (Wildman–Crippen LogP) is 1.99. The number of nitrogens with zero attached hydrogens (tertiary/aromatic N) is 2. The maximum Gasteiger partial charge on any atom is 0.356 e. The van der Waals surface area contributed by atoms with Gasteiger partial charge in [-0.1, -0.05) is 12.1 Å². The number of para-hydroxylation sites is 2. The number of amides is 1. The molecule has 2 aromatic rings. The van der Waals surface area contributed by atoms with Crippen LogP contribution in [-0.2, 0) is 18.4 Å². The smallest absolute Gasteiger partial charge is 0.350 e. The van der Waals surface area contributed by atoms with E-state index < -0.39 is 0 Å². The lowest BCUT2D eigenvalue weighted by Gasteiger charge is -2.54. The van der Waals surface area contributed by atoms with E-state index in [0.717, 1.165) is 22.9 Å². The lowest BCUT2D eigenvalue weighted by molar-refractivity contribution is -0.630. The highest BCUT2D eigenvalue weighted by Gasteiger charge is 2.48. The summed E-state index contributed by atoms with van der Waals surface area (Å²) in [5, 5.41) is 3.39. The first-order valence-corrected chi connectivity index (χ1v) is 9.62. The third-order valence-corrected chi connectivity index (χ3v) is 7.01. The van der Waals surface area contributed by atoms with Crippen LogP contribution in [0.1, 0.15) is 32.1 Å². The van der Waals surface area contributed by atoms with E-state index in [1.54, 1.807) is 0 Å². The molecule has 0 spiro atoms. The van der Waals surface area contributed by atoms with Crippen LogP contribution in [0.15, 0.2) is 24.3 Å². The van der Waals surface area contributed by atoms with Gasteiger partial charge in [0.2, 0.25) is 0 Å². The molecule has 0 unspecified atom stereocenters. The summed E-state index contributed by atoms with van der Waals surface area (Å²) >= 11 is 0. The molecule has 0 aliphatic heterocycles. The van der Waals surface area contributed by atoms with Crippen LogP contribution >= 0.6 is 0 Å². The standard InChI is InChI=1S/C20H26N4O/c1-23-16-4-2-3-5-17(16)24(20(23)21)11-18(25)22-19-14-7-12-6-13(9-14)10-15(19)8-12/h2-5,12-15,19,21H,6-11H2,1H3,(H,22,25)/p+1. The fourth-order valence-electron chi connectivity index (χ4n) is 6.11. The summed E-state index contributed by atoms with van der Waals surface area (Å²) in [7, 11) is 1.95. The molecule has 132 valence electrons. The van der Waals surface area contributed by atoms with Crippen LogP contribution in [-0.4, -0.2) is 16.5 Å². The molecule has 5 nitrogen and oxygen atoms in total. The number of carbonyl (C=O) groups excluding carboxylic acids is 1. The van der Waals surface area contributed by atoms with E-state index in [0.29, 0.717) is 30.4 Å². The van der Waals surface area contributed by atoms with Crippen molar-refractivity contribution in [2.24, 2.45) is 30.7 Å². The molecule has 0 radical (unpaired) electrons. The molecule has 3 N–H and O–H groups in total. The van der Waals surface area contributed by atoms with Crippen molar-refractivity contribution >= 4 is 22.9 Å². The number of hydrogen-bond acceptors (Lipinski definition) is 2. The van der Waals surface area contributed by atoms with Crippen LogP contribution in [0, 0.1) is 23.7 Å². The molecule has 1 aromatic heterocycles. The minimum atomic E-state index is 0.102. The zero-order chi connectivity index (χ0) is 17.1. The quantitative estimate of drug-likeness (QED) is 0.840. The molecule has 1 heterocycles. The normalized spacial score (nSPS) is 33.1. The molecule has 25 heavy (non-hydrogen) atoms. The Labute approximate surface area is 148 Å². The minimum Gasteiger partial charge on any atom is -0.350 e. The fourth-order valence-corrected chi connectivity index (χ4v) is 6.11. The highest BCUT2D eigenvalue weighted by atomic mass is 16.2. The topological polar surface area (TPSA) is 63.9 Å². The molecule has 5 heteroatoms. The lowest BCUT2D eigenvalue weighted by atomic mass is 9.54. The molecule has 4 bridgehead atoms. The zero-order valence-corrected chi connectivity index (χ0v) is 14.8. The van der Waals surface area contributed by atoms with E-state index in [-0.39, 0.29) is 5.91 Å². The number of hydrogen-bond donors (Lipinski definition) is 2. The summed E-state index contributed by atoms with van der Waals surface area (Å²) in [5.41, 5.74) is 8.33. The first-order valence-electron chi connectivity index (χ1n) is 9.62. The zero-order valence-electron chi connectivity index (χ0n) is 14.8. The van der Waals surface area contributed by atoms with Gasteiger partial charge in [-0.05, 0) is 67.9 Å². The Morgan fingerprint density at radius 1 is 1.16 bits per heavy atom. The van der Waals surface area contributed by atoms with Crippen molar-refractivity contribution in [1.29, 1.82) is 0 Å². The van der Waals surface area contributed by atoms with Gasteiger partial charge in [0.25, 0.3) is 5.91 Å². The van der Waals surface area contributed by atoms with Crippen LogP contribution < -0.4 is 15.6 Å². The number of nitrogens with one attached hydrogen (secondary N) is 1. The maximum absolute atomic E-state index is 12.8. The number of fused-ring (bicyclic) bond motifs is 1. The first kappa shape index (κ1) is 15.2. The number of anilines is 1. The van der Waals surface area contributed by atoms with Crippen molar-refractivity contribution in [3.63, 3.8) is 0 Å². The number of carbonyl (C=O) groups is 1. The Morgan fingerprint density at radius 3 is 2.48 bits per heavy atom. The van der Waals surface area contributed by atoms with Crippen LogP contribution in [0.3, 0.4) is 0 Å². The molecule has 0 atom stereocenters. The van der Waals surface area contributed by atoms with Crippen LogP contribution in [0.25, 0.3) is 11.0 Å². The average molecular weight is 339 g/mol. The van der Waals surface area contributed by atoms with Crippen LogP contribution in [0.5, 0.6) is 0 Å². The minimum absolute atomic E-state index is 0.102. The molecule has 6 rings (SSSR count). The summed E-state index contributed by atoms with van der Waals surface area (Å²) in [6.07, 6.45) is 6.72. The van der Waals surface area contributed by atoms with Gasteiger partial charge in [-0.25, -0.2) is 9.13 Å². The number of aryl methyl sites for hydroxylation is 1. The Kier molecular flexibility index (Phi) is 3.34. The Hall–Kier alpha value is -2.04. The first-order chi connectivity index (χ1) is 12.1. The Balaban J connectivity index is 1.36. The van der Waals surface area contributed by atoms with Crippen molar-refractivity contribution in [2.45, 2.75) is 44.7 Å². The second kappa shape index (κ2) is 5.48. The van der Waals surface area contributed by atoms with Gasteiger partial charge in [0.1, 0.15) is 11.0 Å². The summed E-state index contributed by atoms with van der Waals surface area (Å²) in [5.74, 6) is 3.99. The lowest BCUT2D eigenvalue weighted by Crippen LogP contribution is -2.56. The monoisotopic (exact) mass is 339 g/mol. The van der Waals surface area contributed by atoms with Gasteiger partial charge in [0.05, 0.1) is 7.05 Å². The molecule has 1 amide bonds. The second-order valence-electron chi connectivity index (χ2n) is 8.52. The number of rotatable bonds is 3. The van der Waals surface area contributed by atoms with Crippen molar-refractivity contribution in [3.05, 3.63) is 24.3 Å². The SMILES string of the molecule is C[n+]1c(N)n(CC(=O)NC2C3CC4CC(C3)CC2C4)c2ccccc21. The summed E-state index contributed by atoms with van der Waals surface area (Å²) < 4.78 is 3.88. The average Bonchev–Trinajstić information content (AvgIpc) is 2.83. The van der Waals surface area contributed by atoms with Gasteiger partial charge in [0.15, 0.2) is 6.54 Å². The van der Waals surface area contributed by atoms with Crippen LogP contribution in [0.2, 0.25) is 0 Å². The van der Waals surface area contributed by atoms with Crippen LogP contribution in [0.4, 0.5) is 5.95 Å². The van der Waals surface area contributed by atoms with Crippen molar-refractivity contribution in [3.8, 4) is 0 Å². The van der Waals surface area contributed by atoms with Gasteiger partial charge in [-0.3, -0.25) is 10.5 Å². The highest BCUT2D eigenvalue weighted by molar-refractivity contribution is 5.80. The number of nitrogens with two attached hydrogens (primary N) is 1. The molecule has 4 fully saturated rings. The largest absolute Gasteiger partial charge is 0.356 e. The second-order valence-corrected chi connectivity index (χ2v) is 8.52. The van der Waals surface area contributed by atoms with Gasteiger partial charge in [-0.2, -0.15) is 0 Å². The summed E-state index contributed by atoms with van der Waals surface area (Å²) in [4.78, 5) is 12.8. The Bertz CT molecular complexity index is 812. The highest BCUT2D eigenvalue weighted by Crippen LogP contribution is 2.53. The summed E-state index contributed by atoms with van der Waals surface area (Å²) in [6, 6.07) is 8.45. The van der Waals surface area contributed by atoms with E-state index in [1.165, 1.54) is 32.1 Å². The molecule has 4 aliphatic rings. The van der Waals surface area contributed by atoms with Gasteiger partial charge in [-0.15, -0.1) is 0 Å². The van der Waals surface area contributed by atoms with E-state index in [1.807, 2.05) is 40.4 Å². The van der Waals surface area contributed by atoms with E-state index in [4.69, 9.17) is 5.73 Å². The maximum atomic E-state index is 12.8. The van der Waals surface area contributed by atoms with Gasteiger partial charge >= 0.3 is 5.95 Å². The van der Waals surface area contributed by atoms with Crippen molar-refractivity contribution in [2.75, 3.05) is 5.73 Å². The summed E-state index contributed by atoms with van der Waals surface area (Å²) in [6.45, 7) is 0.302. The molecular formula is C20H27N4O+. The molecule has 1 aromatic carbocycles. The van der Waals surface area contributed by atoms with E-state index in [2.05, 4.69) is 5.32 Å².